The molecule has 0 saturated heterocycles. The second kappa shape index (κ2) is 6.94. The molecule has 20 heavy (non-hydrogen) atoms. The minimum absolute atomic E-state index is 0.0899. The molecule has 3 heteroatoms. The highest BCUT2D eigenvalue weighted by Crippen LogP contribution is 2.17. The lowest BCUT2D eigenvalue weighted by atomic mass is 10.0. The fourth-order valence-corrected chi connectivity index (χ4v) is 2.39. The number of aromatic nitrogens is 1. The monoisotopic (exact) mass is 270 g/mol. The third kappa shape index (κ3) is 3.73. The first-order chi connectivity index (χ1) is 9.68. The van der Waals surface area contributed by atoms with Gasteiger partial charge in [0.2, 0.25) is 5.91 Å². The SMILES string of the molecule is CC(C)C(C(=O)NCCc1ccccc1)n1cccc1. The highest BCUT2D eigenvalue weighted by molar-refractivity contribution is 5.80. The average Bonchev–Trinajstić information content (AvgIpc) is 2.93. The molecule has 0 aliphatic rings. The molecule has 1 amide bonds. The quantitative estimate of drug-likeness (QED) is 0.860. The molecule has 2 rings (SSSR count). The van der Waals surface area contributed by atoms with E-state index in [1.165, 1.54) is 5.56 Å². The van der Waals surface area contributed by atoms with Crippen LogP contribution < -0.4 is 5.32 Å². The molecule has 1 aromatic heterocycles. The standard InChI is InChI=1S/C17H22N2O/c1-14(2)16(19-12-6-7-13-19)17(20)18-11-10-15-8-4-3-5-9-15/h3-9,12-14,16H,10-11H2,1-2H3,(H,18,20). The Hall–Kier alpha value is -2.03. The number of hydrogen-bond acceptors (Lipinski definition) is 1. The van der Waals surface area contributed by atoms with Gasteiger partial charge in [0.25, 0.3) is 0 Å². The highest BCUT2D eigenvalue weighted by atomic mass is 16.2. The van der Waals surface area contributed by atoms with Crippen molar-refractivity contribution in [3.05, 3.63) is 60.4 Å². The van der Waals surface area contributed by atoms with E-state index in [0.29, 0.717) is 6.54 Å². The van der Waals surface area contributed by atoms with Crippen molar-refractivity contribution in [1.82, 2.24) is 9.88 Å². The van der Waals surface area contributed by atoms with Crippen molar-refractivity contribution in [2.24, 2.45) is 5.92 Å². The second-order valence-electron chi connectivity index (χ2n) is 5.35. The van der Waals surface area contributed by atoms with Gasteiger partial charge in [-0.2, -0.15) is 0 Å². The van der Waals surface area contributed by atoms with E-state index < -0.39 is 0 Å². The van der Waals surface area contributed by atoms with Crippen LogP contribution in [0.2, 0.25) is 0 Å². The van der Waals surface area contributed by atoms with E-state index in [-0.39, 0.29) is 17.9 Å². The largest absolute Gasteiger partial charge is 0.354 e. The van der Waals surface area contributed by atoms with Crippen molar-refractivity contribution >= 4 is 5.91 Å². The van der Waals surface area contributed by atoms with Crippen LogP contribution in [0.15, 0.2) is 54.9 Å². The zero-order chi connectivity index (χ0) is 14.4. The number of rotatable bonds is 6. The Morgan fingerprint density at radius 2 is 1.75 bits per heavy atom. The van der Waals surface area contributed by atoms with Gasteiger partial charge in [0.05, 0.1) is 0 Å². The van der Waals surface area contributed by atoms with Gasteiger partial charge in [-0.15, -0.1) is 0 Å². The fourth-order valence-electron chi connectivity index (χ4n) is 2.39. The van der Waals surface area contributed by atoms with Crippen LogP contribution in [-0.4, -0.2) is 17.0 Å². The summed E-state index contributed by atoms with van der Waals surface area (Å²) in [5, 5.41) is 3.04. The van der Waals surface area contributed by atoms with Crippen molar-refractivity contribution in [1.29, 1.82) is 0 Å². The van der Waals surface area contributed by atoms with Gasteiger partial charge >= 0.3 is 0 Å². The van der Waals surface area contributed by atoms with Crippen LogP contribution >= 0.6 is 0 Å². The first-order valence-electron chi connectivity index (χ1n) is 7.12. The number of benzene rings is 1. The summed E-state index contributed by atoms with van der Waals surface area (Å²) in [4.78, 5) is 12.3. The van der Waals surface area contributed by atoms with Crippen molar-refractivity contribution < 1.29 is 4.79 Å². The molecule has 106 valence electrons. The number of carbonyl (C=O) groups excluding carboxylic acids is 1. The Morgan fingerprint density at radius 3 is 2.35 bits per heavy atom. The predicted octanol–water partition coefficient (Wildman–Crippen LogP) is 3.04. The molecule has 0 spiro atoms. The molecular weight excluding hydrogens is 248 g/mol. The first kappa shape index (κ1) is 14.4. The van der Waals surface area contributed by atoms with Gasteiger partial charge < -0.3 is 9.88 Å². The molecule has 0 aliphatic carbocycles. The third-order valence-electron chi connectivity index (χ3n) is 3.40. The maximum Gasteiger partial charge on any atom is 0.243 e. The molecule has 0 bridgehead atoms. The Bertz CT molecular complexity index is 517. The Morgan fingerprint density at radius 1 is 1.10 bits per heavy atom. The van der Waals surface area contributed by atoms with Crippen LogP contribution in [0.4, 0.5) is 0 Å². The second-order valence-corrected chi connectivity index (χ2v) is 5.35. The van der Waals surface area contributed by atoms with Crippen LogP contribution in [0.1, 0.15) is 25.5 Å². The van der Waals surface area contributed by atoms with Crippen LogP contribution in [0.3, 0.4) is 0 Å². The number of carbonyl (C=O) groups is 1. The Kier molecular flexibility index (Phi) is 4.99. The minimum atomic E-state index is -0.138. The molecule has 3 nitrogen and oxygen atoms in total. The summed E-state index contributed by atoms with van der Waals surface area (Å²) >= 11 is 0. The van der Waals surface area contributed by atoms with Crippen molar-refractivity contribution in [3.8, 4) is 0 Å². The molecule has 1 atom stereocenters. The average molecular weight is 270 g/mol. The van der Waals surface area contributed by atoms with Gasteiger partial charge in [0.1, 0.15) is 6.04 Å². The zero-order valence-electron chi connectivity index (χ0n) is 12.1. The van der Waals surface area contributed by atoms with E-state index in [0.717, 1.165) is 6.42 Å². The van der Waals surface area contributed by atoms with Gasteiger partial charge in [-0.3, -0.25) is 4.79 Å². The topological polar surface area (TPSA) is 34.0 Å². The van der Waals surface area contributed by atoms with Gasteiger partial charge in [-0.05, 0) is 30.0 Å². The maximum absolute atomic E-state index is 12.3. The molecule has 0 radical (unpaired) electrons. The third-order valence-corrected chi connectivity index (χ3v) is 3.40. The lowest BCUT2D eigenvalue weighted by Crippen LogP contribution is -2.36. The summed E-state index contributed by atoms with van der Waals surface area (Å²) in [7, 11) is 0. The summed E-state index contributed by atoms with van der Waals surface area (Å²) in [5.74, 6) is 0.353. The lowest BCUT2D eigenvalue weighted by Gasteiger charge is -2.22. The first-order valence-corrected chi connectivity index (χ1v) is 7.12. The molecule has 0 saturated carbocycles. The summed E-state index contributed by atoms with van der Waals surface area (Å²) in [6.07, 6.45) is 4.76. The molecule has 1 aromatic carbocycles. The zero-order valence-corrected chi connectivity index (χ0v) is 12.1. The molecule has 1 unspecified atom stereocenters. The van der Waals surface area contributed by atoms with E-state index in [2.05, 4.69) is 31.3 Å². The van der Waals surface area contributed by atoms with E-state index >= 15 is 0 Å². The Balaban J connectivity index is 1.90. The summed E-state index contributed by atoms with van der Waals surface area (Å²) in [5.41, 5.74) is 1.25. The molecule has 1 N–H and O–H groups in total. The van der Waals surface area contributed by atoms with E-state index in [1.807, 2.05) is 47.3 Å². The minimum Gasteiger partial charge on any atom is -0.354 e. The number of hydrogen-bond donors (Lipinski definition) is 1. The highest BCUT2D eigenvalue weighted by Gasteiger charge is 2.22. The van der Waals surface area contributed by atoms with Crippen LogP contribution in [0.5, 0.6) is 0 Å². The summed E-state index contributed by atoms with van der Waals surface area (Å²) in [6.45, 7) is 4.82. The van der Waals surface area contributed by atoms with Gasteiger partial charge in [-0.1, -0.05) is 44.2 Å². The molecular formula is C17H22N2O. The predicted molar refractivity (Wildman–Crippen MR) is 81.5 cm³/mol. The number of nitrogens with one attached hydrogen (secondary N) is 1. The summed E-state index contributed by atoms with van der Waals surface area (Å²) < 4.78 is 1.97. The van der Waals surface area contributed by atoms with Crippen molar-refractivity contribution in [2.75, 3.05) is 6.54 Å². The summed E-state index contributed by atoms with van der Waals surface area (Å²) in [6, 6.07) is 14.0. The fraction of sp³-hybridized carbons (Fsp3) is 0.353. The van der Waals surface area contributed by atoms with Gasteiger partial charge in [0.15, 0.2) is 0 Å². The molecule has 1 heterocycles. The molecule has 0 fully saturated rings. The molecule has 0 aliphatic heterocycles. The van der Waals surface area contributed by atoms with E-state index in [4.69, 9.17) is 0 Å². The van der Waals surface area contributed by atoms with Gasteiger partial charge in [-0.25, -0.2) is 0 Å². The van der Waals surface area contributed by atoms with Crippen LogP contribution in [0.25, 0.3) is 0 Å². The Labute approximate surface area is 120 Å². The number of amides is 1. The normalized spacial score (nSPS) is 12.3. The van der Waals surface area contributed by atoms with Crippen molar-refractivity contribution in [2.45, 2.75) is 26.3 Å². The number of nitrogens with zero attached hydrogens (tertiary/aromatic N) is 1. The van der Waals surface area contributed by atoms with Crippen LogP contribution in [0, 0.1) is 5.92 Å². The van der Waals surface area contributed by atoms with Gasteiger partial charge in [0, 0.05) is 18.9 Å². The van der Waals surface area contributed by atoms with Crippen molar-refractivity contribution in [3.63, 3.8) is 0 Å². The maximum atomic E-state index is 12.3. The van der Waals surface area contributed by atoms with Crippen LogP contribution in [-0.2, 0) is 11.2 Å². The van der Waals surface area contributed by atoms with E-state index in [1.54, 1.807) is 0 Å². The smallest absolute Gasteiger partial charge is 0.243 e. The van der Waals surface area contributed by atoms with E-state index in [9.17, 15) is 4.79 Å². The lowest BCUT2D eigenvalue weighted by molar-refractivity contribution is -0.125. The molecule has 2 aromatic rings.